The van der Waals surface area contributed by atoms with Gasteiger partial charge in [0, 0.05) is 19.1 Å². The van der Waals surface area contributed by atoms with Gasteiger partial charge in [0.1, 0.15) is 5.60 Å². The third-order valence-corrected chi connectivity index (χ3v) is 5.82. The van der Waals surface area contributed by atoms with Crippen LogP contribution in [0.15, 0.2) is 0 Å². The summed E-state index contributed by atoms with van der Waals surface area (Å²) in [5.41, 5.74) is 0.0379. The molecule has 4 heteroatoms. The van der Waals surface area contributed by atoms with E-state index < -0.39 is 5.60 Å². The molecule has 1 saturated heterocycles. The van der Waals surface area contributed by atoms with Gasteiger partial charge in [-0.15, -0.1) is 0 Å². The van der Waals surface area contributed by atoms with Crippen molar-refractivity contribution in [2.75, 3.05) is 19.6 Å². The maximum atomic E-state index is 12.3. The van der Waals surface area contributed by atoms with E-state index in [0.29, 0.717) is 17.4 Å². The van der Waals surface area contributed by atoms with Crippen LogP contribution in [-0.2, 0) is 4.74 Å². The Morgan fingerprint density at radius 1 is 1.04 bits per heavy atom. The van der Waals surface area contributed by atoms with Gasteiger partial charge >= 0.3 is 6.09 Å². The number of piperidine rings is 1. The molecule has 25 heavy (non-hydrogen) atoms. The first kappa shape index (κ1) is 20.5. The zero-order chi connectivity index (χ0) is 18.7. The molecule has 0 spiro atoms. The third kappa shape index (κ3) is 6.80. The number of ether oxygens (including phenoxy) is 1. The molecule has 1 atom stereocenters. The number of likely N-dealkylation sites (tertiary alicyclic amines) is 1. The van der Waals surface area contributed by atoms with E-state index in [2.05, 4.69) is 26.1 Å². The van der Waals surface area contributed by atoms with Crippen molar-refractivity contribution in [2.45, 2.75) is 91.7 Å². The van der Waals surface area contributed by atoms with Crippen molar-refractivity contribution in [3.05, 3.63) is 0 Å². The Bertz CT molecular complexity index is 428. The van der Waals surface area contributed by atoms with Crippen molar-refractivity contribution < 1.29 is 9.53 Å². The molecule has 0 aromatic carbocycles. The zero-order valence-corrected chi connectivity index (χ0v) is 17.4. The summed E-state index contributed by atoms with van der Waals surface area (Å²) in [5.74, 6) is 1.42. The minimum Gasteiger partial charge on any atom is -0.444 e. The molecule has 0 unspecified atom stereocenters. The van der Waals surface area contributed by atoms with Crippen LogP contribution in [0.2, 0.25) is 0 Å². The van der Waals surface area contributed by atoms with E-state index in [0.717, 1.165) is 32.0 Å². The molecular formula is C21H40N2O2. The van der Waals surface area contributed by atoms with Crippen LogP contribution in [0.25, 0.3) is 0 Å². The lowest BCUT2D eigenvalue weighted by Crippen LogP contribution is -2.46. The molecule has 1 saturated carbocycles. The monoisotopic (exact) mass is 352 g/mol. The molecule has 2 aliphatic rings. The lowest BCUT2D eigenvalue weighted by Gasteiger charge is -2.38. The highest BCUT2D eigenvalue weighted by atomic mass is 16.6. The second-order valence-corrected chi connectivity index (χ2v) is 10.3. The molecule has 1 N–H and O–H groups in total. The minimum atomic E-state index is -0.409. The lowest BCUT2D eigenvalue weighted by molar-refractivity contribution is 0.0164. The molecule has 0 aromatic heterocycles. The molecule has 4 nitrogen and oxygen atoms in total. The van der Waals surface area contributed by atoms with Crippen molar-refractivity contribution in [1.82, 2.24) is 10.2 Å². The lowest BCUT2D eigenvalue weighted by atomic mass is 9.71. The Kier molecular flexibility index (Phi) is 6.80. The van der Waals surface area contributed by atoms with E-state index in [4.69, 9.17) is 4.74 Å². The predicted molar refractivity (Wildman–Crippen MR) is 104 cm³/mol. The second-order valence-electron chi connectivity index (χ2n) is 10.3. The van der Waals surface area contributed by atoms with Gasteiger partial charge in [-0.3, -0.25) is 0 Å². The van der Waals surface area contributed by atoms with Gasteiger partial charge in [0.15, 0.2) is 0 Å². The summed E-state index contributed by atoms with van der Waals surface area (Å²) < 4.78 is 5.53. The normalized spacial score (nSPS) is 28.7. The number of hydrogen-bond acceptors (Lipinski definition) is 3. The van der Waals surface area contributed by atoms with Crippen molar-refractivity contribution in [3.8, 4) is 0 Å². The molecule has 146 valence electrons. The SMILES string of the molecule is CC(C)(C)OC(=O)N1CCC[C@@H](CN[C@H]2CC[C@H](C(C)(C)C)CC2)C1. The smallest absolute Gasteiger partial charge is 0.410 e. The first-order valence-corrected chi connectivity index (χ1v) is 10.3. The molecule has 0 aromatic rings. The Labute approximate surface area is 155 Å². The maximum Gasteiger partial charge on any atom is 0.410 e. The molecule has 0 radical (unpaired) electrons. The van der Waals surface area contributed by atoms with Crippen LogP contribution in [0.4, 0.5) is 4.79 Å². The molecule has 2 rings (SSSR count). The van der Waals surface area contributed by atoms with Gasteiger partial charge in [0.05, 0.1) is 0 Å². The van der Waals surface area contributed by atoms with Gasteiger partial charge < -0.3 is 15.0 Å². The quantitative estimate of drug-likeness (QED) is 0.791. The molecule has 1 amide bonds. The topological polar surface area (TPSA) is 41.6 Å². The van der Waals surface area contributed by atoms with Crippen LogP contribution in [0, 0.1) is 17.3 Å². The highest BCUT2D eigenvalue weighted by molar-refractivity contribution is 5.68. The number of rotatable bonds is 3. The zero-order valence-electron chi connectivity index (χ0n) is 17.4. The number of nitrogens with zero attached hydrogens (tertiary/aromatic N) is 1. The molecule has 2 fully saturated rings. The Balaban J connectivity index is 1.72. The summed E-state index contributed by atoms with van der Waals surface area (Å²) >= 11 is 0. The fourth-order valence-electron chi connectivity index (χ4n) is 4.22. The van der Waals surface area contributed by atoms with Crippen LogP contribution in [-0.4, -0.2) is 42.3 Å². The summed E-state index contributed by atoms with van der Waals surface area (Å²) in [4.78, 5) is 14.2. The van der Waals surface area contributed by atoms with Crippen LogP contribution >= 0.6 is 0 Å². The van der Waals surface area contributed by atoms with Gasteiger partial charge in [-0.25, -0.2) is 4.79 Å². The largest absolute Gasteiger partial charge is 0.444 e. The highest BCUT2D eigenvalue weighted by Crippen LogP contribution is 2.37. The van der Waals surface area contributed by atoms with Crippen LogP contribution in [0.1, 0.15) is 80.1 Å². The first-order chi connectivity index (χ1) is 11.5. The summed E-state index contributed by atoms with van der Waals surface area (Å²) in [5, 5.41) is 3.79. The van der Waals surface area contributed by atoms with Crippen molar-refractivity contribution in [2.24, 2.45) is 17.3 Å². The number of carbonyl (C=O) groups excluding carboxylic acids is 1. The van der Waals surface area contributed by atoms with E-state index in [9.17, 15) is 4.79 Å². The highest BCUT2D eigenvalue weighted by Gasteiger charge is 2.31. The van der Waals surface area contributed by atoms with E-state index in [1.54, 1.807) is 0 Å². The summed E-state index contributed by atoms with van der Waals surface area (Å²) in [6.45, 7) is 15.6. The van der Waals surface area contributed by atoms with Gasteiger partial charge in [-0.05, 0) is 83.1 Å². The summed E-state index contributed by atoms with van der Waals surface area (Å²) in [7, 11) is 0. The van der Waals surface area contributed by atoms with Crippen LogP contribution < -0.4 is 5.32 Å². The van der Waals surface area contributed by atoms with E-state index in [-0.39, 0.29) is 6.09 Å². The standard InChI is InChI=1S/C21H40N2O2/c1-20(2,3)17-9-11-18(12-10-17)22-14-16-8-7-13-23(15-16)19(24)25-21(4,5)6/h16-18,22H,7-15H2,1-6H3/t16-,17-,18-/m0/s1. The Hall–Kier alpha value is -0.770. The maximum absolute atomic E-state index is 12.3. The van der Waals surface area contributed by atoms with Crippen LogP contribution in [0.3, 0.4) is 0 Å². The van der Waals surface area contributed by atoms with Gasteiger partial charge in [0.25, 0.3) is 0 Å². The average molecular weight is 353 g/mol. The predicted octanol–water partition coefficient (Wildman–Crippen LogP) is 4.83. The van der Waals surface area contributed by atoms with Crippen LogP contribution in [0.5, 0.6) is 0 Å². The Morgan fingerprint density at radius 3 is 2.24 bits per heavy atom. The number of hydrogen-bond donors (Lipinski definition) is 1. The summed E-state index contributed by atoms with van der Waals surface area (Å²) in [6, 6.07) is 0.663. The van der Waals surface area contributed by atoms with Gasteiger partial charge in [0.2, 0.25) is 0 Å². The van der Waals surface area contributed by atoms with Crippen molar-refractivity contribution >= 4 is 6.09 Å². The molecule has 1 aliphatic heterocycles. The van der Waals surface area contributed by atoms with Gasteiger partial charge in [-0.2, -0.15) is 0 Å². The summed E-state index contributed by atoms with van der Waals surface area (Å²) in [6.07, 6.45) is 7.43. The minimum absolute atomic E-state index is 0.150. The number of amides is 1. The van der Waals surface area contributed by atoms with Crippen molar-refractivity contribution in [1.29, 1.82) is 0 Å². The molecule has 0 bridgehead atoms. The number of nitrogens with one attached hydrogen (secondary N) is 1. The van der Waals surface area contributed by atoms with E-state index in [1.807, 2.05) is 25.7 Å². The van der Waals surface area contributed by atoms with E-state index >= 15 is 0 Å². The average Bonchev–Trinajstić information content (AvgIpc) is 2.51. The molecular weight excluding hydrogens is 312 g/mol. The molecule has 1 aliphatic carbocycles. The fraction of sp³-hybridized carbons (Fsp3) is 0.952. The fourth-order valence-corrected chi connectivity index (χ4v) is 4.22. The van der Waals surface area contributed by atoms with E-state index in [1.165, 1.54) is 32.1 Å². The second kappa shape index (κ2) is 8.28. The first-order valence-electron chi connectivity index (χ1n) is 10.3. The third-order valence-electron chi connectivity index (χ3n) is 5.82. The number of carbonyl (C=O) groups is 1. The Morgan fingerprint density at radius 2 is 1.68 bits per heavy atom. The molecule has 1 heterocycles. The van der Waals surface area contributed by atoms with Crippen molar-refractivity contribution in [3.63, 3.8) is 0 Å². The van der Waals surface area contributed by atoms with Gasteiger partial charge in [-0.1, -0.05) is 20.8 Å².